The standard InChI is InChI=1S/C8H6ClF3S/c9-4-5-1-2-6(3-7(5)13)8(10,11)12/h1-3,13H,4H2. The Hall–Kier alpha value is -0.350. The highest BCUT2D eigenvalue weighted by Gasteiger charge is 2.30. The first kappa shape index (κ1) is 10.7. The summed E-state index contributed by atoms with van der Waals surface area (Å²) < 4.78 is 36.4. The van der Waals surface area contributed by atoms with E-state index in [2.05, 4.69) is 12.6 Å². The van der Waals surface area contributed by atoms with Gasteiger partial charge < -0.3 is 0 Å². The van der Waals surface area contributed by atoms with E-state index in [9.17, 15) is 13.2 Å². The van der Waals surface area contributed by atoms with Crippen molar-refractivity contribution in [2.45, 2.75) is 17.0 Å². The van der Waals surface area contributed by atoms with E-state index in [4.69, 9.17) is 11.6 Å². The third-order valence-corrected chi connectivity index (χ3v) is 2.26. The predicted octanol–water partition coefficient (Wildman–Crippen LogP) is 3.73. The molecule has 0 atom stereocenters. The maximum atomic E-state index is 12.1. The smallest absolute Gasteiger partial charge is 0.166 e. The van der Waals surface area contributed by atoms with Gasteiger partial charge in [0.25, 0.3) is 0 Å². The van der Waals surface area contributed by atoms with Crippen LogP contribution >= 0.6 is 24.2 Å². The number of benzene rings is 1. The Bertz CT molecular complexity index is 309. The zero-order chi connectivity index (χ0) is 10.1. The lowest BCUT2D eigenvalue weighted by molar-refractivity contribution is -0.137. The van der Waals surface area contributed by atoms with Gasteiger partial charge in [-0.2, -0.15) is 13.2 Å². The second-order valence-electron chi connectivity index (χ2n) is 2.47. The summed E-state index contributed by atoms with van der Waals surface area (Å²) in [5.74, 6) is 0.164. The van der Waals surface area contributed by atoms with E-state index in [1.165, 1.54) is 6.07 Å². The third kappa shape index (κ3) is 2.54. The van der Waals surface area contributed by atoms with E-state index in [0.29, 0.717) is 5.56 Å². The summed E-state index contributed by atoms with van der Waals surface area (Å²) in [6.07, 6.45) is -4.32. The number of halogens is 4. The molecule has 0 radical (unpaired) electrons. The van der Waals surface area contributed by atoms with E-state index in [-0.39, 0.29) is 10.8 Å². The van der Waals surface area contributed by atoms with Crippen molar-refractivity contribution in [3.63, 3.8) is 0 Å². The first-order chi connectivity index (χ1) is 5.95. The van der Waals surface area contributed by atoms with Crippen LogP contribution in [-0.4, -0.2) is 0 Å². The Morgan fingerprint density at radius 2 is 1.92 bits per heavy atom. The Morgan fingerprint density at radius 3 is 2.31 bits per heavy atom. The normalized spacial score (nSPS) is 11.8. The Kier molecular flexibility index (Phi) is 3.14. The highest BCUT2D eigenvalue weighted by Crippen LogP contribution is 2.31. The van der Waals surface area contributed by atoms with Gasteiger partial charge in [-0.3, -0.25) is 0 Å². The van der Waals surface area contributed by atoms with Crippen molar-refractivity contribution in [3.8, 4) is 0 Å². The summed E-state index contributed by atoms with van der Waals surface area (Å²) >= 11 is 9.36. The molecule has 0 unspecified atom stereocenters. The molecule has 5 heteroatoms. The maximum Gasteiger partial charge on any atom is 0.416 e. The molecule has 0 heterocycles. The molecule has 0 aromatic heterocycles. The van der Waals surface area contributed by atoms with Crippen LogP contribution in [0.4, 0.5) is 13.2 Å². The predicted molar refractivity (Wildman–Crippen MR) is 48.3 cm³/mol. The van der Waals surface area contributed by atoms with Crippen molar-refractivity contribution < 1.29 is 13.2 Å². The van der Waals surface area contributed by atoms with E-state index in [1.54, 1.807) is 0 Å². The molecule has 0 saturated heterocycles. The van der Waals surface area contributed by atoms with Crippen LogP contribution in [0.1, 0.15) is 11.1 Å². The van der Waals surface area contributed by atoms with Crippen LogP contribution in [-0.2, 0) is 12.1 Å². The van der Waals surface area contributed by atoms with Gasteiger partial charge in [-0.05, 0) is 17.7 Å². The zero-order valence-corrected chi connectivity index (χ0v) is 8.05. The molecule has 1 aromatic rings. The number of alkyl halides is 4. The van der Waals surface area contributed by atoms with Crippen molar-refractivity contribution in [2.75, 3.05) is 0 Å². The average molecular weight is 227 g/mol. The minimum absolute atomic E-state index is 0.164. The quantitative estimate of drug-likeness (QED) is 0.548. The van der Waals surface area contributed by atoms with Crippen LogP contribution in [0.25, 0.3) is 0 Å². The first-order valence-corrected chi connectivity index (χ1v) is 4.38. The third-order valence-electron chi connectivity index (χ3n) is 1.56. The molecule has 0 amide bonds. The molecule has 0 N–H and O–H groups in total. The molecule has 0 spiro atoms. The minimum atomic E-state index is -4.32. The molecule has 1 aromatic carbocycles. The second kappa shape index (κ2) is 3.80. The van der Waals surface area contributed by atoms with Crippen LogP contribution < -0.4 is 0 Å². The van der Waals surface area contributed by atoms with Crippen LogP contribution in [0.2, 0.25) is 0 Å². The molecular formula is C8H6ClF3S. The Morgan fingerprint density at radius 1 is 1.31 bits per heavy atom. The number of rotatable bonds is 1. The minimum Gasteiger partial charge on any atom is -0.166 e. The summed E-state index contributed by atoms with van der Waals surface area (Å²) in [6.45, 7) is 0. The van der Waals surface area contributed by atoms with Crippen LogP contribution in [0.15, 0.2) is 23.1 Å². The fourth-order valence-corrected chi connectivity index (χ4v) is 1.47. The van der Waals surface area contributed by atoms with Crippen molar-refractivity contribution in [2.24, 2.45) is 0 Å². The van der Waals surface area contributed by atoms with E-state index in [1.807, 2.05) is 0 Å². The molecule has 0 saturated carbocycles. The van der Waals surface area contributed by atoms with Gasteiger partial charge in [-0.1, -0.05) is 6.07 Å². The molecular weight excluding hydrogens is 221 g/mol. The molecule has 1 rings (SSSR count). The number of hydrogen-bond donors (Lipinski definition) is 1. The molecule has 72 valence electrons. The second-order valence-corrected chi connectivity index (χ2v) is 3.22. The monoisotopic (exact) mass is 226 g/mol. The summed E-state index contributed by atoms with van der Waals surface area (Å²) in [5, 5.41) is 0. The molecule has 0 nitrogen and oxygen atoms in total. The topological polar surface area (TPSA) is 0 Å². The van der Waals surface area contributed by atoms with Crippen LogP contribution in [0.3, 0.4) is 0 Å². The van der Waals surface area contributed by atoms with Crippen molar-refractivity contribution in [1.82, 2.24) is 0 Å². The summed E-state index contributed by atoms with van der Waals surface area (Å²) in [4.78, 5) is 0.268. The van der Waals surface area contributed by atoms with Gasteiger partial charge >= 0.3 is 6.18 Å². The molecule has 0 aliphatic carbocycles. The first-order valence-electron chi connectivity index (χ1n) is 3.40. The van der Waals surface area contributed by atoms with Crippen molar-refractivity contribution in [1.29, 1.82) is 0 Å². The van der Waals surface area contributed by atoms with Gasteiger partial charge in [0.2, 0.25) is 0 Å². The lowest BCUT2D eigenvalue weighted by atomic mass is 10.1. The summed E-state index contributed by atoms with van der Waals surface area (Å²) in [5.41, 5.74) is -0.107. The number of thiol groups is 1. The lowest BCUT2D eigenvalue weighted by Gasteiger charge is -2.08. The Balaban J connectivity index is 3.10. The largest absolute Gasteiger partial charge is 0.416 e. The fourth-order valence-electron chi connectivity index (χ4n) is 0.853. The zero-order valence-electron chi connectivity index (χ0n) is 6.40. The van der Waals surface area contributed by atoms with Crippen LogP contribution in [0.5, 0.6) is 0 Å². The Labute approximate surface area is 84.1 Å². The summed E-state index contributed by atoms with van der Waals surface area (Å²) in [7, 11) is 0. The van der Waals surface area contributed by atoms with Gasteiger partial charge in [-0.15, -0.1) is 24.2 Å². The highest BCUT2D eigenvalue weighted by molar-refractivity contribution is 7.80. The van der Waals surface area contributed by atoms with Crippen LogP contribution in [0, 0.1) is 0 Å². The van der Waals surface area contributed by atoms with Gasteiger partial charge in [0, 0.05) is 10.8 Å². The van der Waals surface area contributed by atoms with Gasteiger partial charge in [-0.25, -0.2) is 0 Å². The van der Waals surface area contributed by atoms with Gasteiger partial charge in [0.05, 0.1) is 5.56 Å². The van der Waals surface area contributed by atoms with Crippen molar-refractivity contribution in [3.05, 3.63) is 29.3 Å². The van der Waals surface area contributed by atoms with E-state index in [0.717, 1.165) is 12.1 Å². The number of hydrogen-bond acceptors (Lipinski definition) is 1. The maximum absolute atomic E-state index is 12.1. The van der Waals surface area contributed by atoms with E-state index >= 15 is 0 Å². The average Bonchev–Trinajstić information content (AvgIpc) is 2.02. The van der Waals surface area contributed by atoms with Crippen molar-refractivity contribution >= 4 is 24.2 Å². The SMILES string of the molecule is FC(F)(F)c1ccc(CCl)c(S)c1. The molecule has 13 heavy (non-hydrogen) atoms. The molecule has 0 aliphatic heterocycles. The molecule has 0 fully saturated rings. The van der Waals surface area contributed by atoms with Gasteiger partial charge in [0.15, 0.2) is 0 Å². The molecule has 0 bridgehead atoms. The van der Waals surface area contributed by atoms with Gasteiger partial charge in [0.1, 0.15) is 0 Å². The fraction of sp³-hybridized carbons (Fsp3) is 0.250. The van der Waals surface area contributed by atoms with E-state index < -0.39 is 11.7 Å². The highest BCUT2D eigenvalue weighted by atomic mass is 35.5. The lowest BCUT2D eigenvalue weighted by Crippen LogP contribution is -2.04. The summed E-state index contributed by atoms with van der Waals surface area (Å²) in [6, 6.07) is 3.30. The molecule has 0 aliphatic rings.